The molecule has 4 N–H and O–H groups in total. The van der Waals surface area contributed by atoms with Crippen LogP contribution in [0.2, 0.25) is 0 Å². The topological polar surface area (TPSA) is 109 Å². The molecule has 0 aliphatic carbocycles. The van der Waals surface area contributed by atoms with Gasteiger partial charge in [0.25, 0.3) is 5.56 Å². The van der Waals surface area contributed by atoms with E-state index in [0.29, 0.717) is 29.1 Å². The van der Waals surface area contributed by atoms with Gasteiger partial charge in [-0.2, -0.15) is 5.10 Å². The van der Waals surface area contributed by atoms with Crippen molar-refractivity contribution >= 4 is 28.6 Å². The van der Waals surface area contributed by atoms with Gasteiger partial charge in [0, 0.05) is 24.7 Å². The Morgan fingerprint density at radius 2 is 2.38 bits per heavy atom. The number of benzene rings is 1. The van der Waals surface area contributed by atoms with E-state index in [1.807, 2.05) is 0 Å². The van der Waals surface area contributed by atoms with Gasteiger partial charge >= 0.3 is 0 Å². The highest BCUT2D eigenvalue weighted by Gasteiger charge is 2.28. The van der Waals surface area contributed by atoms with E-state index in [1.54, 1.807) is 7.05 Å². The van der Waals surface area contributed by atoms with Crippen LogP contribution in [0.4, 0.5) is 10.1 Å². The van der Waals surface area contributed by atoms with Crippen molar-refractivity contribution in [3.05, 3.63) is 34.0 Å². The Hall–Kier alpha value is -2.77. The molecule has 0 radical (unpaired) electrons. The lowest BCUT2D eigenvalue weighted by atomic mass is 9.94. The Labute approximate surface area is 118 Å². The number of aromatic amines is 1. The van der Waals surface area contributed by atoms with Gasteiger partial charge in [0.1, 0.15) is 11.7 Å². The van der Waals surface area contributed by atoms with Crippen LogP contribution in [0, 0.1) is 5.82 Å². The summed E-state index contributed by atoms with van der Waals surface area (Å²) >= 11 is 0. The van der Waals surface area contributed by atoms with Crippen LogP contribution < -0.4 is 16.6 Å². The van der Waals surface area contributed by atoms with Crippen LogP contribution in [0.25, 0.3) is 10.8 Å². The van der Waals surface area contributed by atoms with Crippen LogP contribution in [0.1, 0.15) is 11.6 Å². The van der Waals surface area contributed by atoms with E-state index >= 15 is 0 Å². The molecule has 0 saturated carbocycles. The average molecular weight is 288 g/mol. The number of amidine groups is 1. The van der Waals surface area contributed by atoms with Gasteiger partial charge < -0.3 is 11.1 Å². The summed E-state index contributed by atoms with van der Waals surface area (Å²) in [6.45, 7) is 0.439. The summed E-state index contributed by atoms with van der Waals surface area (Å²) in [5.74, 6) is -0.261. The van der Waals surface area contributed by atoms with Crippen molar-refractivity contribution in [2.24, 2.45) is 15.7 Å². The van der Waals surface area contributed by atoms with E-state index in [-0.39, 0.29) is 11.3 Å². The Balaban J connectivity index is 2.30. The summed E-state index contributed by atoms with van der Waals surface area (Å²) < 4.78 is 13.6. The van der Waals surface area contributed by atoms with Crippen LogP contribution in [0.15, 0.2) is 26.9 Å². The smallest absolute Gasteiger partial charge is 0.272 e. The third-order valence-corrected chi connectivity index (χ3v) is 3.46. The molecule has 1 unspecified atom stereocenters. The number of H-pyrrole nitrogens is 1. The predicted octanol–water partition coefficient (Wildman–Crippen LogP) is 0.587. The maximum atomic E-state index is 13.6. The van der Waals surface area contributed by atoms with Crippen LogP contribution in [-0.4, -0.2) is 36.0 Å². The molecule has 0 fully saturated rings. The first-order valence-corrected chi connectivity index (χ1v) is 6.32. The second-order valence-electron chi connectivity index (χ2n) is 4.61. The highest BCUT2D eigenvalue weighted by Crippen LogP contribution is 2.34. The Bertz CT molecular complexity index is 825. The van der Waals surface area contributed by atoms with Crippen LogP contribution in [0.3, 0.4) is 0 Å². The first-order chi connectivity index (χ1) is 10.2. The monoisotopic (exact) mass is 288 g/mol. The maximum absolute atomic E-state index is 13.6. The standard InChI is InChI=1S/C13H13FN6O/c1-16-12(18-5-15)8-4-17-9-3-6(14)2-7-10(9)11(8)19-20-13(7)21/h2-3,5,8,17H,4H2,1H3,(H,20,21)(H2,15,16,18). The summed E-state index contributed by atoms with van der Waals surface area (Å²) in [6.07, 6.45) is 1.16. The molecular weight excluding hydrogens is 275 g/mol. The average Bonchev–Trinajstić information content (AvgIpc) is 2.48. The maximum Gasteiger partial charge on any atom is 0.272 e. The lowest BCUT2D eigenvalue weighted by molar-refractivity contribution is 0.629. The Morgan fingerprint density at radius 1 is 1.57 bits per heavy atom. The minimum absolute atomic E-state index is 0.249. The van der Waals surface area contributed by atoms with Crippen LogP contribution >= 0.6 is 0 Å². The molecule has 1 atom stereocenters. The number of anilines is 1. The van der Waals surface area contributed by atoms with Gasteiger partial charge in [0.05, 0.1) is 23.3 Å². The van der Waals surface area contributed by atoms with E-state index < -0.39 is 11.4 Å². The SMILES string of the molecule is CN=C(N=CN)C1CNc2cc(F)cc3c(=O)[nH]nc1c23. The number of halogens is 1. The van der Waals surface area contributed by atoms with Crippen molar-refractivity contribution in [1.29, 1.82) is 0 Å². The van der Waals surface area contributed by atoms with Crippen LogP contribution in [0.5, 0.6) is 0 Å². The highest BCUT2D eigenvalue weighted by molar-refractivity contribution is 6.03. The van der Waals surface area contributed by atoms with E-state index in [1.165, 1.54) is 12.1 Å². The molecule has 8 heteroatoms. The van der Waals surface area contributed by atoms with E-state index in [9.17, 15) is 9.18 Å². The molecule has 0 saturated heterocycles. The van der Waals surface area contributed by atoms with Crippen molar-refractivity contribution < 1.29 is 4.39 Å². The molecule has 3 rings (SSSR count). The third-order valence-electron chi connectivity index (χ3n) is 3.46. The summed E-state index contributed by atoms with van der Waals surface area (Å²) in [4.78, 5) is 20.0. The zero-order valence-electron chi connectivity index (χ0n) is 11.2. The van der Waals surface area contributed by atoms with Crippen molar-refractivity contribution in [2.75, 3.05) is 18.9 Å². The van der Waals surface area contributed by atoms with Gasteiger partial charge in [-0.1, -0.05) is 0 Å². The number of aromatic nitrogens is 2. The summed E-state index contributed by atoms with van der Waals surface area (Å²) in [7, 11) is 1.60. The molecule has 21 heavy (non-hydrogen) atoms. The molecule has 0 amide bonds. The van der Waals surface area contributed by atoms with Crippen molar-refractivity contribution in [3.8, 4) is 0 Å². The lowest BCUT2D eigenvalue weighted by Crippen LogP contribution is -2.28. The predicted molar refractivity (Wildman–Crippen MR) is 79.6 cm³/mol. The van der Waals surface area contributed by atoms with Gasteiger partial charge in [0.15, 0.2) is 0 Å². The van der Waals surface area contributed by atoms with Gasteiger partial charge in [-0.15, -0.1) is 0 Å². The van der Waals surface area contributed by atoms with Crippen LogP contribution in [-0.2, 0) is 0 Å². The first-order valence-electron chi connectivity index (χ1n) is 6.32. The van der Waals surface area contributed by atoms with Crippen molar-refractivity contribution in [3.63, 3.8) is 0 Å². The van der Waals surface area contributed by atoms with Gasteiger partial charge in [-0.05, 0) is 12.1 Å². The second-order valence-corrected chi connectivity index (χ2v) is 4.61. The Morgan fingerprint density at radius 3 is 3.10 bits per heavy atom. The quantitative estimate of drug-likeness (QED) is 0.527. The lowest BCUT2D eigenvalue weighted by Gasteiger charge is -2.25. The number of aliphatic imine (C=N–C) groups is 2. The van der Waals surface area contributed by atoms with Gasteiger partial charge in [-0.3, -0.25) is 9.79 Å². The summed E-state index contributed by atoms with van der Waals surface area (Å²) in [5.41, 5.74) is 6.04. The minimum atomic E-state index is -0.476. The normalized spacial score (nSPS) is 18.2. The molecule has 0 spiro atoms. The Kier molecular flexibility index (Phi) is 3.13. The molecule has 108 valence electrons. The molecule has 1 aliphatic rings. The summed E-state index contributed by atoms with van der Waals surface area (Å²) in [5, 5.41) is 10.4. The van der Waals surface area contributed by atoms with Crippen molar-refractivity contribution in [1.82, 2.24) is 10.2 Å². The fraction of sp³-hybridized carbons (Fsp3) is 0.231. The second kappa shape index (κ2) is 4.97. The number of hydrogen-bond acceptors (Lipinski definition) is 4. The van der Waals surface area contributed by atoms with Gasteiger partial charge in [-0.25, -0.2) is 14.5 Å². The van der Waals surface area contributed by atoms with E-state index in [4.69, 9.17) is 5.73 Å². The number of nitrogens with two attached hydrogens (primary N) is 1. The molecule has 7 nitrogen and oxygen atoms in total. The van der Waals surface area contributed by atoms with Gasteiger partial charge in [0.2, 0.25) is 0 Å². The number of nitrogens with one attached hydrogen (secondary N) is 2. The largest absolute Gasteiger partial charge is 0.390 e. The number of rotatable bonds is 1. The molecular formula is C13H13FN6O. The molecule has 1 aromatic carbocycles. The fourth-order valence-corrected chi connectivity index (χ4v) is 2.58. The zero-order valence-corrected chi connectivity index (χ0v) is 11.2. The molecule has 0 bridgehead atoms. The molecule has 1 aromatic heterocycles. The summed E-state index contributed by atoms with van der Waals surface area (Å²) in [6, 6.07) is 2.54. The van der Waals surface area contributed by atoms with E-state index in [2.05, 4.69) is 25.5 Å². The first kappa shape index (κ1) is 13.2. The number of hydrogen-bond donors (Lipinski definition) is 3. The number of nitrogens with zero attached hydrogens (tertiary/aromatic N) is 3. The minimum Gasteiger partial charge on any atom is -0.390 e. The van der Waals surface area contributed by atoms with E-state index in [0.717, 1.165) is 6.34 Å². The third kappa shape index (κ3) is 2.04. The highest BCUT2D eigenvalue weighted by atomic mass is 19.1. The zero-order chi connectivity index (χ0) is 15.0. The molecule has 1 aliphatic heterocycles. The van der Waals surface area contributed by atoms with Crippen molar-refractivity contribution in [2.45, 2.75) is 5.92 Å². The fourth-order valence-electron chi connectivity index (χ4n) is 2.58. The molecule has 2 heterocycles. The molecule has 2 aromatic rings.